The maximum absolute atomic E-state index is 11.0. The number of nitrogens with zero attached hydrogens (tertiary/aromatic N) is 7. The van der Waals surface area contributed by atoms with Crippen LogP contribution in [0.5, 0.6) is 0 Å². The van der Waals surface area contributed by atoms with Gasteiger partial charge in [0.25, 0.3) is 16.5 Å². The van der Waals surface area contributed by atoms with Gasteiger partial charge in [-0.05, 0) is 175 Å². The maximum Gasteiger partial charge on any atom is 1.00 e. The van der Waals surface area contributed by atoms with E-state index in [-0.39, 0.29) is 63.5 Å². The summed E-state index contributed by atoms with van der Waals surface area (Å²) in [5.41, 5.74) is 11.6. The average Bonchev–Trinajstić information content (AvgIpc) is 3.27. The molecule has 0 radical (unpaired) electrons. The van der Waals surface area contributed by atoms with E-state index in [1.807, 2.05) is 88.3 Å². The maximum atomic E-state index is 11.0. The molecule has 67 heavy (non-hydrogen) atoms. The third-order valence-electron chi connectivity index (χ3n) is 8.96. The van der Waals surface area contributed by atoms with Gasteiger partial charge < -0.3 is 20.0 Å². The van der Waals surface area contributed by atoms with E-state index >= 15 is 0 Å². The number of Topliss-reactive ketones (excluding diaryl/α,β-unsaturated/α-hetero) is 2. The van der Waals surface area contributed by atoms with E-state index in [0.717, 1.165) is 56.3 Å². The number of hydrogen-bond acceptors (Lipinski definition) is 10. The molecule has 0 aliphatic heterocycles. The number of aromatic amines is 1. The van der Waals surface area contributed by atoms with Crippen LogP contribution in [0.1, 0.15) is 111 Å². The van der Waals surface area contributed by atoms with Crippen LogP contribution < -0.4 is 40.2 Å². The molecule has 5 heterocycles. The SMILES string of the molecule is CC(=O)/C(C)=C\[O-].CCC(C)=O.Cc1cc(C(=O)Cl)cnc1C.Cc1cc(C(=O)O)cnc1C.[C-]#[N+]c1cc(C)c(C)[nH]c1=O.[C-]#[N+]c1cc(C)c(C)nc1Br.[C-]#[N+]c1cnc(C)c(C)c1.[Na+]. The summed E-state index contributed by atoms with van der Waals surface area (Å²) in [5, 5.41) is 17.8. The fraction of sp³-hybridized carbons (Fsp3) is 0.306. The number of carbonyl (C=O) groups excluding carboxylic acids is 3. The molecule has 0 bridgehead atoms. The zero-order valence-electron chi connectivity index (χ0n) is 40.7. The zero-order chi connectivity index (χ0) is 51.4. The molecule has 5 rings (SSSR count). The van der Waals surface area contributed by atoms with Gasteiger partial charge in [0.1, 0.15) is 10.4 Å². The van der Waals surface area contributed by atoms with Crippen LogP contribution in [-0.2, 0) is 9.59 Å². The summed E-state index contributed by atoms with van der Waals surface area (Å²) in [6, 6.07) is 8.62. The number of allylic oxidation sites excluding steroid dienone is 1. The fourth-order valence-electron chi connectivity index (χ4n) is 3.82. The number of aryl methyl sites for hydroxylation is 10. The number of ketones is 2. The quantitative estimate of drug-likeness (QED) is 0.0439. The van der Waals surface area contributed by atoms with Gasteiger partial charge in [0, 0.05) is 53.5 Å². The molecule has 0 aromatic carbocycles. The smallest absolute Gasteiger partial charge is 0.878 e. The number of carboxylic acids is 1. The number of rotatable bonds is 4. The molecule has 0 unspecified atom stereocenters. The van der Waals surface area contributed by atoms with Crippen molar-refractivity contribution in [2.75, 3.05) is 0 Å². The van der Waals surface area contributed by atoms with Crippen molar-refractivity contribution in [3.05, 3.63) is 177 Å². The molecular weight excluding hydrogens is 951 g/mol. The molecule has 0 amide bonds. The van der Waals surface area contributed by atoms with E-state index in [9.17, 15) is 29.1 Å². The number of H-pyrrole nitrogens is 1. The Morgan fingerprint density at radius 1 is 0.701 bits per heavy atom. The molecule has 0 atom stereocenters. The zero-order valence-corrected chi connectivity index (χ0v) is 45.0. The first-order valence-electron chi connectivity index (χ1n) is 19.7. The van der Waals surface area contributed by atoms with Crippen molar-refractivity contribution in [2.45, 2.75) is 103 Å². The van der Waals surface area contributed by atoms with E-state index in [4.69, 9.17) is 36.4 Å². The van der Waals surface area contributed by atoms with Crippen molar-refractivity contribution in [3.63, 3.8) is 0 Å². The number of pyridine rings is 5. The minimum absolute atomic E-state index is 0. The van der Waals surface area contributed by atoms with E-state index < -0.39 is 11.2 Å². The molecule has 0 aliphatic carbocycles. The molecule has 0 fully saturated rings. The van der Waals surface area contributed by atoms with Crippen LogP contribution in [0, 0.1) is 89.0 Å². The molecule has 0 saturated heterocycles. The Morgan fingerprint density at radius 3 is 1.48 bits per heavy atom. The third kappa shape index (κ3) is 26.5. The van der Waals surface area contributed by atoms with Gasteiger partial charge in [-0.1, -0.05) is 13.0 Å². The van der Waals surface area contributed by atoms with Gasteiger partial charge in [0.05, 0.1) is 30.8 Å². The summed E-state index contributed by atoms with van der Waals surface area (Å²) < 4.78 is 0.635. The van der Waals surface area contributed by atoms with Gasteiger partial charge in [0.15, 0.2) is 5.78 Å². The van der Waals surface area contributed by atoms with Crippen LogP contribution in [-0.4, -0.2) is 52.8 Å². The summed E-state index contributed by atoms with van der Waals surface area (Å²) in [7, 11) is 0. The Hall–Kier alpha value is -6.19. The first-order valence-corrected chi connectivity index (χ1v) is 20.9. The average molecular weight is 1010 g/mol. The molecule has 0 aliphatic rings. The second-order valence-corrected chi connectivity index (χ2v) is 15.3. The molecule has 2 N–H and O–H groups in total. The Labute approximate surface area is 429 Å². The predicted octanol–water partition coefficient (Wildman–Crippen LogP) is 8.11. The number of halogens is 2. The van der Waals surface area contributed by atoms with Crippen LogP contribution in [0.4, 0.5) is 17.1 Å². The van der Waals surface area contributed by atoms with E-state index in [2.05, 4.69) is 55.4 Å². The Kier molecular flexibility index (Phi) is 33.2. The van der Waals surface area contributed by atoms with Gasteiger partial charge in [-0.2, -0.15) is 0 Å². The van der Waals surface area contributed by atoms with Gasteiger partial charge in [0.2, 0.25) is 11.4 Å². The van der Waals surface area contributed by atoms with Gasteiger partial charge in [-0.25, -0.2) is 19.3 Å². The molecular formula is C49H55BrClN8NaO7. The Morgan fingerprint density at radius 2 is 1.12 bits per heavy atom. The van der Waals surface area contributed by atoms with Gasteiger partial charge in [-0.15, -0.1) is 6.26 Å². The number of carboxylic acid groups (broad SMARTS) is 1. The van der Waals surface area contributed by atoms with Crippen molar-refractivity contribution >= 4 is 67.4 Å². The number of hydrogen-bond donors (Lipinski definition) is 2. The van der Waals surface area contributed by atoms with Crippen LogP contribution in [0.15, 0.2) is 70.2 Å². The van der Waals surface area contributed by atoms with Crippen molar-refractivity contribution in [3.8, 4) is 0 Å². The number of aromatic nitrogens is 5. The molecule has 5 aromatic rings. The molecule has 5 aromatic heterocycles. The summed E-state index contributed by atoms with van der Waals surface area (Å²) in [6.07, 6.45) is 5.67. The first kappa shape index (κ1) is 65.1. The number of carbonyl (C=O) groups is 4. The molecule has 15 nitrogen and oxygen atoms in total. The molecule has 348 valence electrons. The Balaban J connectivity index is -0.000000720. The number of nitrogens with one attached hydrogen (secondary N) is 1. The van der Waals surface area contributed by atoms with E-state index in [1.54, 1.807) is 31.3 Å². The monoisotopic (exact) mass is 1000 g/mol. The summed E-state index contributed by atoms with van der Waals surface area (Å²) >= 11 is 8.47. The largest absolute Gasteiger partial charge is 1.00 e. The van der Waals surface area contributed by atoms with E-state index in [1.165, 1.54) is 26.2 Å². The van der Waals surface area contributed by atoms with Crippen molar-refractivity contribution in [1.82, 2.24) is 24.9 Å². The first-order chi connectivity index (χ1) is 30.7. The Bertz CT molecular complexity index is 2660. The second kappa shape index (κ2) is 34.2. The van der Waals surface area contributed by atoms with Crippen molar-refractivity contribution < 1.29 is 58.9 Å². The van der Waals surface area contributed by atoms with Crippen molar-refractivity contribution in [1.29, 1.82) is 0 Å². The minimum Gasteiger partial charge on any atom is -0.878 e. The van der Waals surface area contributed by atoms with Crippen molar-refractivity contribution in [2.24, 2.45) is 0 Å². The van der Waals surface area contributed by atoms with Crippen LogP contribution >= 0.6 is 27.5 Å². The summed E-state index contributed by atoms with van der Waals surface area (Å²) in [4.78, 5) is 80.3. The number of aromatic carboxylic acids is 1. The normalized spacial score (nSPS) is 9.30. The van der Waals surface area contributed by atoms with Gasteiger partial charge >= 0.3 is 35.5 Å². The van der Waals surface area contributed by atoms with Crippen LogP contribution in [0.3, 0.4) is 0 Å². The topological polar surface area (TPSA) is 209 Å². The third-order valence-corrected chi connectivity index (χ3v) is 9.76. The van der Waals surface area contributed by atoms with E-state index in [0.29, 0.717) is 34.2 Å². The predicted molar refractivity (Wildman–Crippen MR) is 260 cm³/mol. The minimum atomic E-state index is -0.930. The van der Waals surface area contributed by atoms with Crippen LogP contribution in [0.25, 0.3) is 14.5 Å². The fourth-order valence-corrected chi connectivity index (χ4v) is 4.39. The summed E-state index contributed by atoms with van der Waals surface area (Å²) in [6.45, 7) is 45.4. The molecule has 0 spiro atoms. The standard InChI is InChI=1S/C8H7BrN2.C8H8ClNO.C8H8N2O.C8H8N2.C8H9NO2.C5H8O2.C4H8O.Na/c1-5-4-7(10-3)8(9)11-6(5)2;1-5-3-7(8(9)11)4-10-6(5)2;1-5-4-7(9-3)8(11)10-6(5)2;1-6-4-8(9-3)5-10-7(6)2;1-5-3-7(8(10)11)4-9-6(5)2;1-4(3-6)5(2)7;1-3-4(2)5;/h4H,1-2H3;3-4H,1-2H3;4H,1-2H3,(H,10,11);4-5H,1-2H3;3-4H,1-2H3,(H,10,11);3,6H,1-2H3;3H2,1-2H3;/q;;;;;;;+1/p-1/b;;;;;4-3-;;. The molecule has 18 heteroatoms. The molecule has 0 saturated carbocycles. The van der Waals surface area contributed by atoms with Crippen LogP contribution in [0.2, 0.25) is 0 Å². The summed E-state index contributed by atoms with van der Waals surface area (Å²) in [5.74, 6) is -0.833. The second-order valence-electron chi connectivity index (χ2n) is 14.2. The van der Waals surface area contributed by atoms with Gasteiger partial charge in [-0.3, -0.25) is 34.3 Å².